The van der Waals surface area contributed by atoms with E-state index in [1.807, 2.05) is 36.4 Å². The number of anilines is 1. The van der Waals surface area contributed by atoms with Crippen molar-refractivity contribution >= 4 is 5.69 Å². The van der Waals surface area contributed by atoms with Gasteiger partial charge in [0.15, 0.2) is 0 Å². The summed E-state index contributed by atoms with van der Waals surface area (Å²) in [6.07, 6.45) is 15.8. The second-order valence-corrected chi connectivity index (χ2v) is 7.26. The van der Waals surface area contributed by atoms with Gasteiger partial charge in [0.1, 0.15) is 0 Å². The van der Waals surface area contributed by atoms with Gasteiger partial charge in [0.25, 0.3) is 0 Å². The lowest BCUT2D eigenvalue weighted by molar-refractivity contribution is 0.457. The predicted octanol–water partition coefficient (Wildman–Crippen LogP) is 7.60. The molecule has 1 heteroatoms. The molecule has 0 N–H and O–H groups in total. The Hall–Kier alpha value is -3.32. The number of para-hydroxylation sites is 1. The maximum absolute atomic E-state index is 4.20. The highest BCUT2D eigenvalue weighted by Crippen LogP contribution is 2.59. The Labute approximate surface area is 175 Å². The molecule has 1 heterocycles. The molecule has 0 fully saturated rings. The van der Waals surface area contributed by atoms with Crippen LogP contribution in [0.1, 0.15) is 19.8 Å². The van der Waals surface area contributed by atoms with E-state index in [9.17, 15) is 0 Å². The molecule has 3 rings (SSSR count). The van der Waals surface area contributed by atoms with Gasteiger partial charge in [-0.25, -0.2) is 0 Å². The highest BCUT2D eigenvalue weighted by Gasteiger charge is 2.48. The Morgan fingerprint density at radius 2 is 1.48 bits per heavy atom. The molecule has 0 amide bonds. The van der Waals surface area contributed by atoms with Crippen LogP contribution in [0.25, 0.3) is 0 Å². The van der Waals surface area contributed by atoms with Gasteiger partial charge in [-0.2, -0.15) is 0 Å². The fourth-order valence-corrected chi connectivity index (χ4v) is 4.74. The van der Waals surface area contributed by atoms with Crippen LogP contribution in [0.2, 0.25) is 0 Å². The summed E-state index contributed by atoms with van der Waals surface area (Å²) in [6, 6.07) is 10.4. The molecule has 1 spiro atoms. The number of nitrogens with zero attached hydrogens (tertiary/aromatic N) is 1. The summed E-state index contributed by atoms with van der Waals surface area (Å²) in [5.41, 5.74) is 7.95. The van der Waals surface area contributed by atoms with Crippen LogP contribution >= 0.6 is 0 Å². The van der Waals surface area contributed by atoms with Gasteiger partial charge < -0.3 is 4.90 Å². The summed E-state index contributed by atoms with van der Waals surface area (Å²) in [6.45, 7) is 22.6. The molecule has 1 aliphatic carbocycles. The van der Waals surface area contributed by atoms with Gasteiger partial charge >= 0.3 is 0 Å². The highest BCUT2D eigenvalue weighted by molar-refractivity contribution is 5.73. The second kappa shape index (κ2) is 8.36. The van der Waals surface area contributed by atoms with Crippen LogP contribution in [0, 0.1) is 5.41 Å². The largest absolute Gasteiger partial charge is 0.310 e. The number of rotatable bonds is 6. The third-order valence-electron chi connectivity index (χ3n) is 5.92. The highest BCUT2D eigenvalue weighted by atomic mass is 15.2. The van der Waals surface area contributed by atoms with Gasteiger partial charge in [0, 0.05) is 22.5 Å². The summed E-state index contributed by atoms with van der Waals surface area (Å²) >= 11 is 0. The van der Waals surface area contributed by atoms with Crippen molar-refractivity contribution < 1.29 is 0 Å². The van der Waals surface area contributed by atoms with Crippen LogP contribution in [0.5, 0.6) is 0 Å². The van der Waals surface area contributed by atoms with Crippen LogP contribution in [-0.4, -0.2) is 0 Å². The molecule has 2 aliphatic rings. The van der Waals surface area contributed by atoms with Crippen LogP contribution in [0.15, 0.2) is 139 Å². The average Bonchev–Trinajstić information content (AvgIpc) is 3.14. The number of hydrogen-bond acceptors (Lipinski definition) is 1. The monoisotopic (exact) mass is 379 g/mol. The molecule has 1 aromatic rings. The fourth-order valence-electron chi connectivity index (χ4n) is 4.74. The van der Waals surface area contributed by atoms with E-state index in [4.69, 9.17) is 0 Å². The number of allylic oxidation sites excluding steroid dienone is 11. The normalized spacial score (nSPS) is 21.1. The molecule has 0 aromatic heterocycles. The molecular weight excluding hydrogens is 350 g/mol. The van der Waals surface area contributed by atoms with Gasteiger partial charge in [-0.3, -0.25) is 0 Å². The Bertz CT molecular complexity index is 972. The molecule has 1 aliphatic heterocycles. The Morgan fingerprint density at radius 1 is 0.862 bits per heavy atom. The molecule has 0 bridgehead atoms. The maximum Gasteiger partial charge on any atom is 0.0496 e. The van der Waals surface area contributed by atoms with E-state index in [1.165, 1.54) is 22.3 Å². The van der Waals surface area contributed by atoms with Crippen molar-refractivity contribution in [2.45, 2.75) is 19.8 Å². The molecule has 0 atom stereocenters. The molecule has 0 saturated heterocycles. The molecule has 0 saturated carbocycles. The second-order valence-electron chi connectivity index (χ2n) is 7.26. The standard InChI is InChI=1S/C28H29N/c1-7-16-25-27(12-6)29(23-17-14-13-15-18-23)26(11-5)24(10-4)28(25)19-21(8-2)22(9-3)20-28/h7-18H,1-5,19-20H2,6H3/b25-16+,27-12+. The first-order valence-electron chi connectivity index (χ1n) is 9.93. The van der Waals surface area contributed by atoms with E-state index in [1.54, 1.807) is 0 Å². The van der Waals surface area contributed by atoms with Crippen LogP contribution in [0.4, 0.5) is 5.69 Å². The van der Waals surface area contributed by atoms with Crippen molar-refractivity contribution in [3.8, 4) is 0 Å². The lowest BCUT2D eigenvalue weighted by Gasteiger charge is -2.46. The number of hydrogen-bond donors (Lipinski definition) is 0. The van der Waals surface area contributed by atoms with Crippen molar-refractivity contribution in [1.82, 2.24) is 0 Å². The fraction of sp³-hybridized carbons (Fsp3) is 0.143. The minimum absolute atomic E-state index is 0.236. The Balaban J connectivity index is 2.38. The SMILES string of the molecule is C=C/C=C1\C(=C/C)N(c2ccccc2)C(C=C)=C(C=C)C12CC(C=C)=C(C=C)C2. The summed E-state index contributed by atoms with van der Waals surface area (Å²) < 4.78 is 0. The first kappa shape index (κ1) is 20.4. The van der Waals surface area contributed by atoms with E-state index >= 15 is 0 Å². The van der Waals surface area contributed by atoms with E-state index in [0.717, 1.165) is 29.9 Å². The van der Waals surface area contributed by atoms with Gasteiger partial charge in [-0.1, -0.05) is 87.5 Å². The number of benzene rings is 1. The van der Waals surface area contributed by atoms with E-state index in [0.29, 0.717) is 0 Å². The topological polar surface area (TPSA) is 3.24 Å². The minimum atomic E-state index is -0.236. The van der Waals surface area contributed by atoms with Gasteiger partial charge in [-0.05, 0) is 60.3 Å². The van der Waals surface area contributed by atoms with E-state index in [-0.39, 0.29) is 5.41 Å². The van der Waals surface area contributed by atoms with Crippen LogP contribution in [0.3, 0.4) is 0 Å². The third-order valence-corrected chi connectivity index (χ3v) is 5.92. The van der Waals surface area contributed by atoms with Gasteiger partial charge in [0.05, 0.1) is 0 Å². The average molecular weight is 380 g/mol. The molecule has 1 aromatic carbocycles. The quantitative estimate of drug-likeness (QED) is 0.492. The lowest BCUT2D eigenvalue weighted by atomic mass is 9.66. The molecule has 1 nitrogen and oxygen atoms in total. The van der Waals surface area contributed by atoms with Gasteiger partial charge in [-0.15, -0.1) is 0 Å². The van der Waals surface area contributed by atoms with Crippen molar-refractivity contribution in [2.24, 2.45) is 5.41 Å². The third kappa shape index (κ3) is 3.13. The van der Waals surface area contributed by atoms with Crippen LogP contribution < -0.4 is 4.90 Å². The zero-order valence-corrected chi connectivity index (χ0v) is 17.3. The predicted molar refractivity (Wildman–Crippen MR) is 127 cm³/mol. The summed E-state index contributed by atoms with van der Waals surface area (Å²) in [7, 11) is 0. The Morgan fingerprint density at radius 3 is 1.93 bits per heavy atom. The molecule has 29 heavy (non-hydrogen) atoms. The van der Waals surface area contributed by atoms with Crippen molar-refractivity contribution in [3.63, 3.8) is 0 Å². The zero-order chi connectivity index (χ0) is 21.0. The molecule has 0 unspecified atom stereocenters. The molecular formula is C28H29N. The minimum Gasteiger partial charge on any atom is -0.310 e. The maximum atomic E-state index is 4.20. The zero-order valence-electron chi connectivity index (χ0n) is 17.3. The smallest absolute Gasteiger partial charge is 0.0496 e. The summed E-state index contributed by atoms with van der Waals surface area (Å²) in [5.74, 6) is 0. The van der Waals surface area contributed by atoms with Crippen molar-refractivity contribution in [1.29, 1.82) is 0 Å². The summed E-state index contributed by atoms with van der Waals surface area (Å²) in [4.78, 5) is 2.27. The van der Waals surface area contributed by atoms with Gasteiger partial charge in [0.2, 0.25) is 0 Å². The lowest BCUT2D eigenvalue weighted by Crippen LogP contribution is -2.38. The van der Waals surface area contributed by atoms with Crippen molar-refractivity contribution in [3.05, 3.63) is 139 Å². The van der Waals surface area contributed by atoms with E-state index in [2.05, 4.69) is 81.1 Å². The molecule has 146 valence electrons. The summed E-state index contributed by atoms with van der Waals surface area (Å²) in [5, 5.41) is 0. The Kier molecular flexibility index (Phi) is 5.89. The van der Waals surface area contributed by atoms with Crippen molar-refractivity contribution in [2.75, 3.05) is 4.90 Å². The first-order chi connectivity index (χ1) is 14.1. The molecule has 0 radical (unpaired) electrons. The first-order valence-corrected chi connectivity index (χ1v) is 9.93. The van der Waals surface area contributed by atoms with Crippen LogP contribution in [-0.2, 0) is 0 Å². The van der Waals surface area contributed by atoms with E-state index < -0.39 is 0 Å².